The number of nitrogens with zero attached hydrogens (tertiary/aromatic N) is 1. The number of benzene rings is 1. The summed E-state index contributed by atoms with van der Waals surface area (Å²) in [6.45, 7) is 0. The summed E-state index contributed by atoms with van der Waals surface area (Å²) in [6.07, 6.45) is -17.7. The summed E-state index contributed by atoms with van der Waals surface area (Å²) < 4.78 is 127. The fourth-order valence-electron chi connectivity index (χ4n) is 1.85. The Morgan fingerprint density at radius 2 is 1.30 bits per heavy atom. The minimum Gasteiger partial charge on any atom is -0.334 e. The molecule has 1 aromatic heterocycles. The van der Waals surface area contributed by atoms with Crippen molar-refractivity contribution in [2.24, 2.45) is 0 Å². The molecule has 128 valence electrons. The number of aromatic amines is 1. The monoisotopic (exact) mass is 354 g/mol. The van der Waals surface area contributed by atoms with Crippen LogP contribution in [0.2, 0.25) is 0 Å². The predicted octanol–water partition coefficient (Wildman–Crippen LogP) is 4.87. The quantitative estimate of drug-likeness (QED) is 0.728. The van der Waals surface area contributed by atoms with Crippen LogP contribution in [0.25, 0.3) is 11.0 Å². The first-order valence-corrected chi connectivity index (χ1v) is 5.58. The van der Waals surface area contributed by atoms with Crippen LogP contribution in [0.3, 0.4) is 0 Å². The second kappa shape index (κ2) is 4.74. The molecule has 0 saturated heterocycles. The zero-order valence-corrected chi connectivity index (χ0v) is 10.5. The van der Waals surface area contributed by atoms with E-state index in [9.17, 15) is 43.9 Å². The van der Waals surface area contributed by atoms with Gasteiger partial charge in [0.25, 0.3) is 0 Å². The highest BCUT2D eigenvalue weighted by molar-refractivity contribution is 5.76. The van der Waals surface area contributed by atoms with Crippen molar-refractivity contribution in [2.75, 3.05) is 0 Å². The van der Waals surface area contributed by atoms with E-state index < -0.39 is 46.6 Å². The Morgan fingerprint density at radius 3 is 1.74 bits per heavy atom. The molecule has 2 rings (SSSR count). The average Bonchev–Trinajstić information content (AvgIpc) is 2.77. The number of nitrogens with one attached hydrogen (secondary N) is 1. The van der Waals surface area contributed by atoms with Crippen molar-refractivity contribution in [2.45, 2.75) is 24.2 Å². The van der Waals surface area contributed by atoms with E-state index in [4.69, 9.17) is 0 Å². The highest BCUT2D eigenvalue weighted by Crippen LogP contribution is 2.53. The molecule has 0 bridgehead atoms. The SMILES string of the molecule is FC(F)(F)c1nc2ccc(C(F)(C(F)(F)F)C(F)(F)F)cc2[nH]1. The lowest BCUT2D eigenvalue weighted by Gasteiger charge is -2.30. The molecular formula is C11H4F10N2. The van der Waals surface area contributed by atoms with E-state index in [1.807, 2.05) is 0 Å². The summed E-state index contributed by atoms with van der Waals surface area (Å²) in [6, 6.07) is 0.519. The van der Waals surface area contributed by atoms with Crippen LogP contribution in [-0.4, -0.2) is 22.3 Å². The molecule has 0 aliphatic carbocycles. The third kappa shape index (κ3) is 2.70. The number of H-pyrrole nitrogens is 1. The number of imidazole rings is 1. The first kappa shape index (κ1) is 17.3. The zero-order chi connectivity index (χ0) is 17.8. The number of alkyl halides is 10. The van der Waals surface area contributed by atoms with Crippen LogP contribution < -0.4 is 0 Å². The average molecular weight is 354 g/mol. The normalized spacial score (nSPS) is 14.5. The highest BCUT2D eigenvalue weighted by atomic mass is 19.4. The van der Waals surface area contributed by atoms with Crippen molar-refractivity contribution < 1.29 is 43.9 Å². The fraction of sp³-hybridized carbons (Fsp3) is 0.364. The number of hydrogen-bond donors (Lipinski definition) is 1. The van der Waals surface area contributed by atoms with Crippen molar-refractivity contribution in [3.05, 3.63) is 29.6 Å². The van der Waals surface area contributed by atoms with E-state index >= 15 is 0 Å². The molecule has 0 fully saturated rings. The molecule has 23 heavy (non-hydrogen) atoms. The molecule has 1 heterocycles. The second-order valence-corrected chi connectivity index (χ2v) is 4.47. The molecule has 0 atom stereocenters. The summed E-state index contributed by atoms with van der Waals surface area (Å²) in [5.41, 5.74) is -9.00. The Kier molecular flexibility index (Phi) is 3.58. The molecule has 12 heteroatoms. The molecule has 0 radical (unpaired) electrons. The van der Waals surface area contributed by atoms with Gasteiger partial charge in [-0.3, -0.25) is 0 Å². The third-order valence-electron chi connectivity index (χ3n) is 2.93. The standard InChI is InChI=1S/C11H4F10N2/c12-8(10(16,17)18,11(19,20)21)4-1-2-5-6(3-4)23-7(22-5)9(13,14)15/h1-3H,(H,22,23). The molecule has 0 unspecified atom stereocenters. The smallest absolute Gasteiger partial charge is 0.334 e. The summed E-state index contributed by atoms with van der Waals surface area (Å²) in [4.78, 5) is 4.48. The van der Waals surface area contributed by atoms with Gasteiger partial charge in [-0.2, -0.15) is 39.5 Å². The lowest BCUT2D eigenvalue weighted by Crippen LogP contribution is -2.50. The van der Waals surface area contributed by atoms with Crippen LogP contribution in [0.15, 0.2) is 18.2 Å². The van der Waals surface area contributed by atoms with Crippen molar-refractivity contribution >= 4 is 11.0 Å². The zero-order valence-electron chi connectivity index (χ0n) is 10.5. The Labute approximate surface area is 120 Å². The summed E-state index contributed by atoms with van der Waals surface area (Å²) in [5, 5.41) is 0. The van der Waals surface area contributed by atoms with Gasteiger partial charge < -0.3 is 4.98 Å². The molecule has 2 nitrogen and oxygen atoms in total. The minimum absolute atomic E-state index is 0.00144. The van der Waals surface area contributed by atoms with Crippen LogP contribution >= 0.6 is 0 Å². The largest absolute Gasteiger partial charge is 0.449 e. The molecule has 0 spiro atoms. The maximum atomic E-state index is 13.8. The van der Waals surface area contributed by atoms with Crippen LogP contribution in [0.5, 0.6) is 0 Å². The van der Waals surface area contributed by atoms with Crippen LogP contribution in [-0.2, 0) is 11.8 Å². The number of hydrogen-bond acceptors (Lipinski definition) is 1. The number of fused-ring (bicyclic) bond motifs is 1. The van der Waals surface area contributed by atoms with Gasteiger partial charge in [0.05, 0.1) is 11.0 Å². The number of aromatic nitrogens is 2. The van der Waals surface area contributed by atoms with Crippen LogP contribution in [0.1, 0.15) is 11.4 Å². The predicted molar refractivity (Wildman–Crippen MR) is 56.0 cm³/mol. The van der Waals surface area contributed by atoms with Gasteiger partial charge in [0.1, 0.15) is 0 Å². The van der Waals surface area contributed by atoms with E-state index in [0.717, 1.165) is 0 Å². The van der Waals surface area contributed by atoms with Crippen LogP contribution in [0, 0.1) is 0 Å². The van der Waals surface area contributed by atoms with E-state index in [-0.39, 0.29) is 12.1 Å². The summed E-state index contributed by atoms with van der Waals surface area (Å²) in [5.74, 6) is -1.63. The summed E-state index contributed by atoms with van der Waals surface area (Å²) in [7, 11) is 0. The first-order valence-electron chi connectivity index (χ1n) is 5.58. The topological polar surface area (TPSA) is 28.7 Å². The molecule has 0 amide bonds. The van der Waals surface area contributed by atoms with Gasteiger partial charge in [-0.1, -0.05) is 6.07 Å². The van der Waals surface area contributed by atoms with Crippen molar-refractivity contribution in [1.82, 2.24) is 9.97 Å². The van der Waals surface area contributed by atoms with Crippen molar-refractivity contribution in [3.63, 3.8) is 0 Å². The number of rotatable bonds is 1. The molecule has 1 N–H and O–H groups in total. The summed E-state index contributed by atoms with van der Waals surface area (Å²) >= 11 is 0. The van der Waals surface area contributed by atoms with Gasteiger partial charge in [-0.15, -0.1) is 0 Å². The molecule has 2 aromatic rings. The minimum atomic E-state index is -6.36. The van der Waals surface area contributed by atoms with E-state index in [1.54, 1.807) is 0 Å². The van der Waals surface area contributed by atoms with Crippen molar-refractivity contribution in [1.29, 1.82) is 0 Å². The van der Waals surface area contributed by atoms with Gasteiger partial charge in [-0.05, 0) is 12.1 Å². The maximum Gasteiger partial charge on any atom is 0.449 e. The Morgan fingerprint density at radius 1 is 0.783 bits per heavy atom. The molecule has 1 aromatic carbocycles. The second-order valence-electron chi connectivity index (χ2n) is 4.47. The van der Waals surface area contributed by atoms with Gasteiger partial charge in [-0.25, -0.2) is 9.37 Å². The Balaban J connectivity index is 2.67. The Hall–Kier alpha value is -2.01. The lowest BCUT2D eigenvalue weighted by atomic mass is 9.94. The third-order valence-corrected chi connectivity index (χ3v) is 2.93. The molecule has 0 aliphatic heterocycles. The fourth-order valence-corrected chi connectivity index (χ4v) is 1.85. The van der Waals surface area contributed by atoms with Gasteiger partial charge in [0.2, 0.25) is 5.82 Å². The van der Waals surface area contributed by atoms with E-state index in [2.05, 4.69) is 4.98 Å². The van der Waals surface area contributed by atoms with E-state index in [0.29, 0.717) is 6.07 Å². The van der Waals surface area contributed by atoms with Gasteiger partial charge >= 0.3 is 24.2 Å². The molecule has 0 aliphatic rings. The highest BCUT2D eigenvalue weighted by Gasteiger charge is 2.73. The van der Waals surface area contributed by atoms with Crippen molar-refractivity contribution in [3.8, 4) is 0 Å². The Bertz CT molecular complexity index is 707. The first-order chi connectivity index (χ1) is 10.2. The van der Waals surface area contributed by atoms with Gasteiger partial charge in [0, 0.05) is 5.56 Å². The van der Waals surface area contributed by atoms with E-state index in [1.165, 1.54) is 4.98 Å². The van der Waals surface area contributed by atoms with Crippen LogP contribution in [0.4, 0.5) is 43.9 Å². The molecular weight excluding hydrogens is 350 g/mol. The number of halogens is 10. The maximum absolute atomic E-state index is 13.8. The van der Waals surface area contributed by atoms with Gasteiger partial charge in [0.15, 0.2) is 0 Å². The molecule has 0 saturated carbocycles. The lowest BCUT2D eigenvalue weighted by molar-refractivity contribution is -0.348.